The topological polar surface area (TPSA) is 83.5 Å². The van der Waals surface area contributed by atoms with E-state index in [1.165, 1.54) is 0 Å². The van der Waals surface area contributed by atoms with Crippen molar-refractivity contribution in [2.75, 3.05) is 33.7 Å². The first kappa shape index (κ1) is 25.0. The highest BCUT2D eigenvalue weighted by atomic mass is 16.7. The quantitative estimate of drug-likeness (QED) is 0.413. The van der Waals surface area contributed by atoms with E-state index in [0.29, 0.717) is 29.6 Å². The number of carbonyl (C=O) groups is 1. The summed E-state index contributed by atoms with van der Waals surface area (Å²) in [5.74, 6) is 2.59. The average Bonchev–Trinajstić information content (AvgIpc) is 3.52. The zero-order valence-corrected chi connectivity index (χ0v) is 21.4. The van der Waals surface area contributed by atoms with Crippen LogP contribution < -0.4 is 23.7 Å². The Balaban J connectivity index is 1.69. The molecule has 0 saturated carbocycles. The molecule has 0 spiro atoms. The second-order valence-electron chi connectivity index (χ2n) is 9.32. The molecule has 0 amide bonds. The number of carbonyl (C=O) groups excluding carboxylic acids is 1. The number of aliphatic hydroxyl groups is 1. The monoisotopic (exact) mass is 504 g/mol. The van der Waals surface area contributed by atoms with E-state index in [1.54, 1.807) is 14.0 Å². The number of aliphatic hydroxyl groups excluding tert-OH is 1. The third-order valence-corrected chi connectivity index (χ3v) is 7.05. The van der Waals surface area contributed by atoms with Crippen molar-refractivity contribution < 1.29 is 33.6 Å². The molecule has 7 nitrogen and oxygen atoms in total. The van der Waals surface area contributed by atoms with Gasteiger partial charge in [0.05, 0.1) is 20.3 Å². The van der Waals surface area contributed by atoms with E-state index < -0.39 is 0 Å². The van der Waals surface area contributed by atoms with E-state index in [2.05, 4.69) is 19.1 Å². The lowest BCUT2D eigenvalue weighted by atomic mass is 9.77. The first-order chi connectivity index (χ1) is 18.0. The number of ether oxygens (including phenoxy) is 5. The van der Waals surface area contributed by atoms with Crippen molar-refractivity contribution in [1.82, 2.24) is 0 Å². The minimum atomic E-state index is -0.387. The molecule has 37 heavy (non-hydrogen) atoms. The smallest absolute Gasteiger partial charge is 0.231 e. The fourth-order valence-corrected chi connectivity index (χ4v) is 5.50. The summed E-state index contributed by atoms with van der Waals surface area (Å²) in [6.07, 6.45) is 0.897. The lowest BCUT2D eigenvalue weighted by Gasteiger charge is -2.26. The summed E-state index contributed by atoms with van der Waals surface area (Å²) >= 11 is 0. The van der Waals surface area contributed by atoms with Crippen molar-refractivity contribution >= 4 is 5.78 Å². The van der Waals surface area contributed by atoms with Crippen LogP contribution in [-0.4, -0.2) is 44.6 Å². The van der Waals surface area contributed by atoms with Gasteiger partial charge in [-0.2, -0.15) is 0 Å². The molecule has 0 saturated heterocycles. The van der Waals surface area contributed by atoms with Crippen LogP contribution in [0.3, 0.4) is 0 Å². The number of ketones is 1. The van der Waals surface area contributed by atoms with E-state index in [-0.39, 0.29) is 43.5 Å². The molecule has 5 rings (SSSR count). The molecule has 3 aromatic carbocycles. The van der Waals surface area contributed by atoms with Gasteiger partial charge in [0.2, 0.25) is 6.79 Å². The number of fused-ring (bicyclic) bond motifs is 2. The Bertz CT molecular complexity index is 1280. The van der Waals surface area contributed by atoms with E-state index in [9.17, 15) is 9.90 Å². The van der Waals surface area contributed by atoms with Crippen LogP contribution in [0.25, 0.3) is 0 Å². The van der Waals surface area contributed by atoms with Crippen LogP contribution in [0.15, 0.2) is 54.6 Å². The van der Waals surface area contributed by atoms with E-state index in [1.807, 2.05) is 42.5 Å². The Morgan fingerprint density at radius 1 is 0.892 bits per heavy atom. The largest absolute Gasteiger partial charge is 0.497 e. The predicted molar refractivity (Wildman–Crippen MR) is 138 cm³/mol. The zero-order valence-electron chi connectivity index (χ0n) is 21.4. The molecule has 7 heteroatoms. The second-order valence-corrected chi connectivity index (χ2v) is 9.32. The normalized spacial score (nSPS) is 19.4. The van der Waals surface area contributed by atoms with Gasteiger partial charge < -0.3 is 28.8 Å². The predicted octanol–water partition coefficient (Wildman–Crippen LogP) is 5.07. The Morgan fingerprint density at radius 3 is 2.43 bits per heavy atom. The van der Waals surface area contributed by atoms with Gasteiger partial charge in [-0.15, -0.1) is 0 Å². The van der Waals surface area contributed by atoms with Crippen molar-refractivity contribution in [3.8, 4) is 28.7 Å². The molecular weight excluding hydrogens is 472 g/mol. The second kappa shape index (κ2) is 10.7. The highest BCUT2D eigenvalue weighted by Gasteiger charge is 2.46. The zero-order chi connectivity index (χ0) is 25.9. The van der Waals surface area contributed by atoms with Crippen LogP contribution in [0.2, 0.25) is 0 Å². The van der Waals surface area contributed by atoms with Crippen molar-refractivity contribution in [2.45, 2.75) is 32.1 Å². The average molecular weight is 505 g/mol. The first-order valence-corrected chi connectivity index (χ1v) is 12.6. The van der Waals surface area contributed by atoms with Crippen molar-refractivity contribution in [3.05, 3.63) is 76.9 Å². The molecule has 0 bridgehead atoms. The molecule has 0 aromatic heterocycles. The van der Waals surface area contributed by atoms with Gasteiger partial charge in [-0.1, -0.05) is 25.1 Å². The van der Waals surface area contributed by atoms with Gasteiger partial charge in [0, 0.05) is 29.4 Å². The third-order valence-electron chi connectivity index (χ3n) is 7.05. The minimum absolute atomic E-state index is 0.0730. The molecular formula is C30H32O7. The third kappa shape index (κ3) is 4.71. The summed E-state index contributed by atoms with van der Waals surface area (Å²) in [4.78, 5) is 13.4. The summed E-state index contributed by atoms with van der Waals surface area (Å²) in [6.45, 7) is 4.53. The van der Waals surface area contributed by atoms with Gasteiger partial charge >= 0.3 is 0 Å². The number of methoxy groups -OCH3 is 1. The molecule has 0 unspecified atom stereocenters. The molecule has 1 aliphatic heterocycles. The first-order valence-electron chi connectivity index (χ1n) is 12.6. The number of hydrogen-bond donors (Lipinski definition) is 1. The molecule has 2 aliphatic rings. The summed E-state index contributed by atoms with van der Waals surface area (Å²) < 4.78 is 28.6. The van der Waals surface area contributed by atoms with Crippen LogP contribution in [0, 0.1) is 5.92 Å². The fourth-order valence-electron chi connectivity index (χ4n) is 5.50. The summed E-state index contributed by atoms with van der Waals surface area (Å²) in [6, 6.07) is 17.7. The van der Waals surface area contributed by atoms with Crippen molar-refractivity contribution in [3.63, 3.8) is 0 Å². The van der Waals surface area contributed by atoms with Gasteiger partial charge in [-0.25, -0.2) is 0 Å². The maximum Gasteiger partial charge on any atom is 0.231 e. The summed E-state index contributed by atoms with van der Waals surface area (Å²) in [5, 5.41) is 9.45. The maximum atomic E-state index is 13.4. The van der Waals surface area contributed by atoms with Gasteiger partial charge in [-0.3, -0.25) is 4.79 Å². The van der Waals surface area contributed by atoms with E-state index in [4.69, 9.17) is 23.7 Å². The van der Waals surface area contributed by atoms with Gasteiger partial charge in [-0.05, 0) is 60.4 Å². The number of benzene rings is 3. The molecule has 1 aliphatic carbocycles. The molecule has 194 valence electrons. The number of Topliss-reactive ketones (excluding diaryl/α,β-unsaturated/α-hetero) is 1. The number of rotatable bonds is 10. The molecule has 3 atom stereocenters. The summed E-state index contributed by atoms with van der Waals surface area (Å²) in [5.41, 5.74) is 3.95. The van der Waals surface area contributed by atoms with Crippen LogP contribution in [-0.2, 0) is 4.79 Å². The lowest BCUT2D eigenvalue weighted by molar-refractivity contribution is -0.121. The van der Waals surface area contributed by atoms with Gasteiger partial charge in [0.25, 0.3) is 0 Å². The molecule has 1 heterocycles. The van der Waals surface area contributed by atoms with Crippen molar-refractivity contribution in [1.29, 1.82) is 0 Å². The van der Waals surface area contributed by atoms with E-state index >= 15 is 0 Å². The van der Waals surface area contributed by atoms with Crippen molar-refractivity contribution in [2.24, 2.45) is 5.92 Å². The SMILES string of the molecule is CCCOc1ccc2c(c1)[C@@H](c1ccc(OC)cc1OCCO)[C@H](C(C)=O)[C@H]2c1ccc2c(c1)OCO2. The summed E-state index contributed by atoms with van der Waals surface area (Å²) in [7, 11) is 1.60. The standard InChI is InChI=1S/C30H32O7/c1-4-12-34-21-7-8-22-24(15-21)30(23-9-6-20(33-3)16-26(23)35-13-11-31)28(18(2)32)29(22)19-5-10-25-27(14-19)37-17-36-25/h5-10,14-16,28-31H,4,11-13,17H2,1-3H3/t28-,29+,30-/m1/s1. The van der Waals surface area contributed by atoms with Crippen LogP contribution >= 0.6 is 0 Å². The molecule has 1 N–H and O–H groups in total. The van der Waals surface area contributed by atoms with Crippen LogP contribution in [0.4, 0.5) is 0 Å². The lowest BCUT2D eigenvalue weighted by Crippen LogP contribution is -2.22. The van der Waals surface area contributed by atoms with Crippen LogP contribution in [0.1, 0.15) is 54.4 Å². The Hall–Kier alpha value is -3.71. The molecule has 0 fully saturated rings. The van der Waals surface area contributed by atoms with Crippen LogP contribution in [0.5, 0.6) is 28.7 Å². The Labute approximate surface area is 216 Å². The Kier molecular flexibility index (Phi) is 7.24. The highest BCUT2D eigenvalue weighted by molar-refractivity contribution is 5.84. The molecule has 3 aromatic rings. The number of hydrogen-bond acceptors (Lipinski definition) is 7. The molecule has 0 radical (unpaired) electrons. The highest BCUT2D eigenvalue weighted by Crippen LogP contribution is 2.56. The fraction of sp³-hybridized carbons (Fsp3) is 0.367. The maximum absolute atomic E-state index is 13.4. The van der Waals surface area contributed by atoms with Gasteiger partial charge in [0.15, 0.2) is 11.5 Å². The minimum Gasteiger partial charge on any atom is -0.497 e. The Morgan fingerprint density at radius 2 is 1.68 bits per heavy atom. The van der Waals surface area contributed by atoms with Gasteiger partial charge in [0.1, 0.15) is 29.6 Å². The van der Waals surface area contributed by atoms with E-state index in [0.717, 1.165) is 34.4 Å².